The fourth-order valence-corrected chi connectivity index (χ4v) is 0.567. The fraction of sp³-hybridized carbons (Fsp3) is 1.00. The second kappa shape index (κ2) is 5.22. The topological polar surface area (TPSA) is 0 Å². The van der Waals surface area contributed by atoms with Crippen LogP contribution in [0.25, 0.3) is 0 Å². The lowest BCUT2D eigenvalue weighted by atomic mass is 10.6. The van der Waals surface area contributed by atoms with E-state index in [4.69, 9.17) is 0 Å². The van der Waals surface area contributed by atoms with Crippen LogP contribution >= 0.6 is 22.6 Å². The first-order valence-electron chi connectivity index (χ1n) is 2.50. The van der Waals surface area contributed by atoms with Gasteiger partial charge in [-0.1, -0.05) is 0 Å². The molecule has 0 rings (SSSR count). The molecular weight excluding hydrogens is 328 g/mol. The van der Waals surface area contributed by atoms with E-state index < -0.39 is 0 Å². The lowest BCUT2D eigenvalue weighted by Gasteiger charge is -2.24. The molecule has 0 atom stereocenters. The summed E-state index contributed by atoms with van der Waals surface area (Å²) in [6.45, 7) is 3.43. The van der Waals surface area contributed by atoms with Crippen molar-refractivity contribution in [2.24, 2.45) is 0 Å². The van der Waals surface area contributed by atoms with Gasteiger partial charge in [-0.3, -0.25) is 0 Å². The van der Waals surface area contributed by atoms with Crippen molar-refractivity contribution in [2.75, 3.05) is 25.2 Å². The van der Waals surface area contributed by atoms with Crippen LogP contribution in [-0.2, 0) is 0 Å². The Hall–Kier alpha value is 1.42. The summed E-state index contributed by atoms with van der Waals surface area (Å²) in [5, 5.41) is 0. The second-order valence-corrected chi connectivity index (χ2v) is 3.05. The molecule has 0 unspecified atom stereocenters. The highest BCUT2D eigenvalue weighted by molar-refractivity contribution is 14.1. The molecule has 0 heterocycles. The van der Waals surface area contributed by atoms with Gasteiger partial charge in [0.15, 0.2) is 0 Å². The molecule has 0 bridgehead atoms. The zero-order valence-electron chi connectivity index (χ0n) is 5.62. The van der Waals surface area contributed by atoms with Gasteiger partial charge in [-0.05, 0) is 29.5 Å². The molecule has 8 heavy (non-hydrogen) atoms. The maximum Gasteiger partial charge on any atom is 0.129 e. The molecule has 0 N–H and O–H groups in total. The van der Waals surface area contributed by atoms with Crippen molar-refractivity contribution in [3.63, 3.8) is 0 Å². The summed E-state index contributed by atoms with van der Waals surface area (Å²) in [4.78, 5) is 0. The normalized spacial score (nSPS) is 10.5. The quantitative estimate of drug-likeness (QED) is 0.248. The molecule has 0 fully saturated rings. The zero-order valence-corrected chi connectivity index (χ0v) is 9.93. The summed E-state index contributed by atoms with van der Waals surface area (Å²) in [6.07, 6.45) is 0. The summed E-state index contributed by atoms with van der Waals surface area (Å²) in [5.41, 5.74) is 0. The molecule has 0 radical (unpaired) electrons. The third-order valence-electron chi connectivity index (χ3n) is 1.18. The molecule has 0 aromatic carbocycles. The molecule has 1 nitrogen and oxygen atoms in total. The molecule has 0 spiro atoms. The molecule has 0 saturated carbocycles. The zero-order chi connectivity index (χ0) is 5.91. The Labute approximate surface area is 82.6 Å². The summed E-state index contributed by atoms with van der Waals surface area (Å²) in [6, 6.07) is 0. The van der Waals surface area contributed by atoms with Crippen LogP contribution in [0.5, 0.6) is 0 Å². The van der Waals surface area contributed by atoms with Crippen LogP contribution in [0, 0.1) is 0 Å². The van der Waals surface area contributed by atoms with Gasteiger partial charge in [0, 0.05) is 0 Å². The summed E-state index contributed by atoms with van der Waals surface area (Å²) >= 11 is 2.40. The minimum absolute atomic E-state index is 0. The number of rotatable bonds is 2. The number of nitrogens with zero attached hydrogens (tertiary/aromatic N) is 1. The Balaban J connectivity index is 0. The van der Waals surface area contributed by atoms with Gasteiger partial charge in [0.1, 0.15) is 4.55 Å². The number of quaternary nitrogens is 1. The van der Waals surface area contributed by atoms with Crippen molar-refractivity contribution >= 4 is 22.6 Å². The van der Waals surface area contributed by atoms with Crippen molar-refractivity contribution in [1.82, 2.24) is 0 Å². The standard InChI is InChI=1S/C5H13IN.HI/c1-4-7(2,3)5-6;/h4-5H2,1-3H3;1H/q+1;/p-1. The number of hydrogen-bond donors (Lipinski definition) is 0. The molecule has 0 aliphatic rings. The van der Waals surface area contributed by atoms with Gasteiger partial charge in [0.25, 0.3) is 0 Å². The van der Waals surface area contributed by atoms with Gasteiger partial charge in [-0.15, -0.1) is 0 Å². The van der Waals surface area contributed by atoms with Crippen LogP contribution < -0.4 is 24.0 Å². The summed E-state index contributed by atoms with van der Waals surface area (Å²) in [5.74, 6) is 0. The van der Waals surface area contributed by atoms with Crippen molar-refractivity contribution in [2.45, 2.75) is 6.92 Å². The van der Waals surface area contributed by atoms with Crippen molar-refractivity contribution < 1.29 is 28.5 Å². The van der Waals surface area contributed by atoms with Crippen molar-refractivity contribution in [3.8, 4) is 0 Å². The second-order valence-electron chi connectivity index (χ2n) is 2.37. The van der Waals surface area contributed by atoms with Gasteiger partial charge in [-0.25, -0.2) is 0 Å². The van der Waals surface area contributed by atoms with Crippen LogP contribution in [0.3, 0.4) is 0 Å². The Bertz CT molecular complexity index is 48.4. The molecule has 0 aliphatic carbocycles. The number of hydrogen-bond acceptors (Lipinski definition) is 0. The molecule has 0 saturated heterocycles. The molecular formula is C5H13I2N. The minimum Gasteiger partial charge on any atom is -1.00 e. The van der Waals surface area contributed by atoms with E-state index in [-0.39, 0.29) is 24.0 Å². The molecule has 52 valence electrons. The Morgan fingerprint density at radius 1 is 1.38 bits per heavy atom. The SMILES string of the molecule is CC[N+](C)(C)CI.[I-]. The van der Waals surface area contributed by atoms with E-state index in [0.717, 1.165) is 4.48 Å². The van der Waals surface area contributed by atoms with E-state index in [1.807, 2.05) is 0 Å². The maximum atomic E-state index is 2.40. The average Bonchev–Trinajstić information content (AvgIpc) is 1.68. The minimum atomic E-state index is 0. The highest BCUT2D eigenvalue weighted by Gasteiger charge is 2.06. The average molecular weight is 341 g/mol. The predicted octanol–water partition coefficient (Wildman–Crippen LogP) is -1.52. The van der Waals surface area contributed by atoms with Crippen molar-refractivity contribution in [3.05, 3.63) is 0 Å². The Kier molecular flexibility index (Phi) is 7.92. The van der Waals surface area contributed by atoms with Crippen LogP contribution in [0.15, 0.2) is 0 Å². The molecule has 0 aromatic rings. The first-order chi connectivity index (χ1) is 3.12. The van der Waals surface area contributed by atoms with E-state index >= 15 is 0 Å². The summed E-state index contributed by atoms with van der Waals surface area (Å²) in [7, 11) is 4.46. The van der Waals surface area contributed by atoms with E-state index in [2.05, 4.69) is 43.6 Å². The van der Waals surface area contributed by atoms with Crippen LogP contribution in [-0.4, -0.2) is 29.7 Å². The monoisotopic (exact) mass is 341 g/mol. The van der Waals surface area contributed by atoms with Crippen LogP contribution in [0.2, 0.25) is 0 Å². The predicted molar refractivity (Wildman–Crippen MR) is 41.5 cm³/mol. The van der Waals surface area contributed by atoms with Gasteiger partial charge < -0.3 is 28.5 Å². The van der Waals surface area contributed by atoms with E-state index in [1.165, 1.54) is 11.1 Å². The van der Waals surface area contributed by atoms with Gasteiger partial charge in [-0.2, -0.15) is 0 Å². The number of alkyl halides is 1. The number of halogens is 2. The van der Waals surface area contributed by atoms with E-state index in [0.29, 0.717) is 0 Å². The first kappa shape index (κ1) is 12.1. The fourth-order valence-electron chi connectivity index (χ4n) is 0.0845. The van der Waals surface area contributed by atoms with E-state index in [9.17, 15) is 0 Å². The first-order valence-corrected chi connectivity index (χ1v) is 4.03. The third-order valence-corrected chi connectivity index (χ3v) is 3.03. The smallest absolute Gasteiger partial charge is 0.129 e. The lowest BCUT2D eigenvalue weighted by molar-refractivity contribution is -0.872. The van der Waals surface area contributed by atoms with Gasteiger partial charge >= 0.3 is 0 Å². The van der Waals surface area contributed by atoms with Crippen LogP contribution in [0.4, 0.5) is 0 Å². The van der Waals surface area contributed by atoms with Gasteiger partial charge in [0.2, 0.25) is 0 Å². The van der Waals surface area contributed by atoms with Crippen LogP contribution in [0.1, 0.15) is 6.92 Å². The Morgan fingerprint density at radius 3 is 1.75 bits per heavy atom. The Morgan fingerprint density at radius 2 is 1.75 bits per heavy atom. The molecule has 0 amide bonds. The van der Waals surface area contributed by atoms with Crippen molar-refractivity contribution in [1.29, 1.82) is 0 Å². The summed E-state index contributed by atoms with van der Waals surface area (Å²) < 4.78 is 2.33. The highest BCUT2D eigenvalue weighted by Crippen LogP contribution is 1.98. The molecule has 0 aromatic heterocycles. The van der Waals surface area contributed by atoms with E-state index in [1.54, 1.807) is 0 Å². The third kappa shape index (κ3) is 5.55. The largest absolute Gasteiger partial charge is 1.00 e. The lowest BCUT2D eigenvalue weighted by Crippen LogP contribution is -3.00. The maximum absolute atomic E-state index is 2.40. The molecule has 3 heteroatoms. The van der Waals surface area contributed by atoms with Gasteiger partial charge in [0.05, 0.1) is 20.6 Å². The highest BCUT2D eigenvalue weighted by atomic mass is 127. The molecule has 0 aliphatic heterocycles.